The summed E-state index contributed by atoms with van der Waals surface area (Å²) < 4.78 is 54.8. The van der Waals surface area contributed by atoms with E-state index >= 15 is 0 Å². The molecule has 2 aliphatic carbocycles. The number of piperidine rings is 1. The number of nitrogens with one attached hydrogen (secondary N) is 2. The maximum Gasteiger partial charge on any atom is 0.573 e. The Morgan fingerprint density at radius 3 is 2.72 bits per heavy atom. The third-order valence-corrected chi connectivity index (χ3v) is 6.54. The monoisotopic (exact) mass is 457 g/mol. The maximum absolute atomic E-state index is 14.2. The summed E-state index contributed by atoms with van der Waals surface area (Å²) in [4.78, 5) is 26.9. The highest BCUT2D eigenvalue weighted by atomic mass is 19.4. The van der Waals surface area contributed by atoms with Gasteiger partial charge in [0, 0.05) is 56.2 Å². The third kappa shape index (κ3) is 5.51. The van der Waals surface area contributed by atoms with Gasteiger partial charge >= 0.3 is 12.4 Å². The van der Waals surface area contributed by atoms with E-state index in [9.17, 15) is 27.2 Å². The first-order chi connectivity index (χ1) is 15.1. The first-order valence-corrected chi connectivity index (χ1v) is 11.0. The summed E-state index contributed by atoms with van der Waals surface area (Å²) in [6.07, 6.45) is 0.637. The van der Waals surface area contributed by atoms with Crippen LogP contribution in [0.5, 0.6) is 5.75 Å². The van der Waals surface area contributed by atoms with E-state index in [0.29, 0.717) is 25.5 Å². The first-order valence-electron chi connectivity index (χ1n) is 11.0. The van der Waals surface area contributed by atoms with Gasteiger partial charge in [-0.3, -0.25) is 4.79 Å². The second-order valence-corrected chi connectivity index (χ2v) is 9.16. The standard InChI is InChI=1S/C22H27F4N3O3/c23-19-8-18(32-22(24,25)26)6-3-14(19)11-28-20(31)29(15-4-5-15)16-9-21(13-27-12-16)7-1-2-17(30)10-21/h3,6,8,15-16,27H,1-2,4-5,7,9-13H2,(H,28,31). The minimum atomic E-state index is -4.90. The van der Waals surface area contributed by atoms with Crippen LogP contribution in [0.2, 0.25) is 0 Å². The molecular formula is C22H27F4N3O3. The molecule has 32 heavy (non-hydrogen) atoms. The van der Waals surface area contributed by atoms with Crippen LogP contribution in [0.4, 0.5) is 22.4 Å². The van der Waals surface area contributed by atoms with E-state index in [0.717, 1.165) is 44.7 Å². The van der Waals surface area contributed by atoms with E-state index < -0.39 is 17.9 Å². The first kappa shape index (κ1) is 22.8. The number of hydrogen-bond donors (Lipinski definition) is 2. The molecule has 2 saturated carbocycles. The topological polar surface area (TPSA) is 70.7 Å². The zero-order valence-electron chi connectivity index (χ0n) is 17.6. The van der Waals surface area contributed by atoms with Crippen LogP contribution in [0.3, 0.4) is 0 Å². The highest BCUT2D eigenvalue weighted by Crippen LogP contribution is 2.42. The second kappa shape index (κ2) is 8.88. The van der Waals surface area contributed by atoms with E-state index in [1.165, 1.54) is 6.07 Å². The van der Waals surface area contributed by atoms with Gasteiger partial charge in [0.15, 0.2) is 0 Å². The Bertz CT molecular complexity index is 870. The average Bonchev–Trinajstić information content (AvgIpc) is 3.51. The number of hydrogen-bond acceptors (Lipinski definition) is 4. The lowest BCUT2D eigenvalue weighted by Crippen LogP contribution is -2.58. The van der Waals surface area contributed by atoms with Crippen LogP contribution in [0.15, 0.2) is 18.2 Å². The predicted molar refractivity (Wildman–Crippen MR) is 107 cm³/mol. The van der Waals surface area contributed by atoms with E-state index in [2.05, 4.69) is 15.4 Å². The number of ketones is 1. The Labute approximate surface area is 183 Å². The average molecular weight is 457 g/mol. The van der Waals surface area contributed by atoms with Gasteiger partial charge in [0.25, 0.3) is 0 Å². The quantitative estimate of drug-likeness (QED) is 0.659. The highest BCUT2D eigenvalue weighted by Gasteiger charge is 2.45. The molecule has 10 heteroatoms. The molecule has 1 aromatic carbocycles. The van der Waals surface area contributed by atoms with Gasteiger partial charge in [0.1, 0.15) is 17.3 Å². The van der Waals surface area contributed by atoms with Gasteiger partial charge in [0.05, 0.1) is 0 Å². The minimum Gasteiger partial charge on any atom is -0.406 e. The zero-order valence-corrected chi connectivity index (χ0v) is 17.6. The molecule has 0 aromatic heterocycles. The van der Waals surface area contributed by atoms with Gasteiger partial charge in [-0.05, 0) is 43.6 Å². The molecule has 2 amide bonds. The molecule has 6 nitrogen and oxygen atoms in total. The van der Waals surface area contributed by atoms with Crippen LogP contribution in [-0.4, -0.2) is 48.2 Å². The van der Waals surface area contributed by atoms with Crippen LogP contribution < -0.4 is 15.4 Å². The molecule has 3 aliphatic rings. The number of carbonyl (C=O) groups excluding carboxylic acids is 2. The van der Waals surface area contributed by atoms with E-state index in [1.54, 1.807) is 0 Å². The molecule has 4 rings (SSSR count). The Morgan fingerprint density at radius 2 is 2.06 bits per heavy atom. The Kier molecular flexibility index (Phi) is 6.33. The number of ether oxygens (including phenoxy) is 1. The van der Waals surface area contributed by atoms with Gasteiger partial charge < -0.3 is 20.3 Å². The lowest BCUT2D eigenvalue weighted by Gasteiger charge is -2.46. The molecule has 1 spiro atoms. The van der Waals surface area contributed by atoms with Crippen molar-refractivity contribution in [2.45, 2.75) is 69.9 Å². The van der Waals surface area contributed by atoms with Crippen molar-refractivity contribution < 1.29 is 31.9 Å². The Balaban J connectivity index is 1.39. The van der Waals surface area contributed by atoms with Crippen molar-refractivity contribution in [3.05, 3.63) is 29.6 Å². The largest absolute Gasteiger partial charge is 0.573 e. The number of halogens is 4. The summed E-state index contributed by atoms with van der Waals surface area (Å²) in [5, 5.41) is 6.12. The summed E-state index contributed by atoms with van der Waals surface area (Å²) in [5.74, 6) is -1.26. The van der Waals surface area contributed by atoms with Crippen LogP contribution >= 0.6 is 0 Å². The number of nitrogens with zero attached hydrogens (tertiary/aromatic N) is 1. The highest BCUT2D eigenvalue weighted by molar-refractivity contribution is 5.80. The molecule has 2 N–H and O–H groups in total. The zero-order chi connectivity index (χ0) is 22.9. The van der Waals surface area contributed by atoms with Gasteiger partial charge in [-0.1, -0.05) is 6.07 Å². The number of rotatable bonds is 5. The number of carbonyl (C=O) groups is 2. The number of alkyl halides is 3. The van der Waals surface area contributed by atoms with Crippen LogP contribution in [0.25, 0.3) is 0 Å². The van der Waals surface area contributed by atoms with Crippen molar-refractivity contribution in [1.29, 1.82) is 0 Å². The van der Waals surface area contributed by atoms with Gasteiger partial charge in [-0.2, -0.15) is 0 Å². The van der Waals surface area contributed by atoms with Crippen LogP contribution in [0.1, 0.15) is 50.5 Å². The third-order valence-electron chi connectivity index (χ3n) is 6.54. The summed E-state index contributed by atoms with van der Waals surface area (Å²) in [6.45, 7) is 1.26. The fraction of sp³-hybridized carbons (Fsp3) is 0.636. The molecule has 176 valence electrons. The fourth-order valence-electron chi connectivity index (χ4n) is 5.04. The molecule has 1 aromatic rings. The van der Waals surface area contributed by atoms with Crippen molar-refractivity contribution in [1.82, 2.24) is 15.5 Å². The summed E-state index contributed by atoms with van der Waals surface area (Å²) in [5.41, 5.74) is -0.0498. The molecule has 1 aliphatic heterocycles. The Morgan fingerprint density at radius 1 is 1.28 bits per heavy atom. The second-order valence-electron chi connectivity index (χ2n) is 9.16. The molecule has 0 bridgehead atoms. The van der Waals surface area contributed by atoms with Gasteiger partial charge in [-0.25, -0.2) is 9.18 Å². The van der Waals surface area contributed by atoms with Crippen molar-refractivity contribution in [3.63, 3.8) is 0 Å². The molecule has 3 fully saturated rings. The SMILES string of the molecule is O=C1CCCC2(CNCC(N(C(=O)NCc3ccc(OC(F)(F)F)cc3F)C3CC3)C2)C1. The lowest BCUT2D eigenvalue weighted by atomic mass is 9.68. The maximum atomic E-state index is 14.2. The fourth-order valence-corrected chi connectivity index (χ4v) is 5.04. The predicted octanol–water partition coefficient (Wildman–Crippen LogP) is 3.89. The lowest BCUT2D eigenvalue weighted by molar-refractivity contribution is -0.274. The number of Topliss-reactive ketones (excluding diaryl/α,β-unsaturated/α-hetero) is 1. The molecule has 1 heterocycles. The van der Waals surface area contributed by atoms with Gasteiger partial charge in [0.2, 0.25) is 0 Å². The Hall–Kier alpha value is -2.36. The van der Waals surface area contributed by atoms with E-state index in [1.807, 2.05) is 4.90 Å². The van der Waals surface area contributed by atoms with E-state index in [-0.39, 0.29) is 41.4 Å². The minimum absolute atomic E-state index is 0.0606. The van der Waals surface area contributed by atoms with Crippen molar-refractivity contribution in [2.75, 3.05) is 13.1 Å². The normalized spacial score (nSPS) is 26.1. The molecule has 2 atom stereocenters. The molecule has 2 unspecified atom stereocenters. The molecule has 0 radical (unpaired) electrons. The number of amides is 2. The number of benzene rings is 1. The van der Waals surface area contributed by atoms with Crippen molar-refractivity contribution >= 4 is 11.8 Å². The summed E-state index contributed by atoms with van der Waals surface area (Å²) >= 11 is 0. The molecular weight excluding hydrogens is 430 g/mol. The number of urea groups is 1. The molecule has 1 saturated heterocycles. The van der Waals surface area contributed by atoms with Crippen molar-refractivity contribution in [3.8, 4) is 5.75 Å². The van der Waals surface area contributed by atoms with Gasteiger partial charge in [-0.15, -0.1) is 13.2 Å². The summed E-state index contributed by atoms with van der Waals surface area (Å²) in [6, 6.07) is 2.57. The van der Waals surface area contributed by atoms with Crippen LogP contribution in [-0.2, 0) is 11.3 Å². The van der Waals surface area contributed by atoms with E-state index in [4.69, 9.17) is 0 Å². The van der Waals surface area contributed by atoms with Crippen molar-refractivity contribution in [2.24, 2.45) is 5.41 Å². The summed E-state index contributed by atoms with van der Waals surface area (Å²) in [7, 11) is 0. The van der Waals surface area contributed by atoms with Crippen LogP contribution in [0, 0.1) is 11.2 Å². The smallest absolute Gasteiger partial charge is 0.406 e.